The minimum atomic E-state index is -0.175. The number of nitrogens with one attached hydrogen (secondary N) is 1. The van der Waals surface area contributed by atoms with Gasteiger partial charge in [0.15, 0.2) is 11.5 Å². The summed E-state index contributed by atoms with van der Waals surface area (Å²) < 4.78 is 10.9. The summed E-state index contributed by atoms with van der Waals surface area (Å²) in [5.41, 5.74) is 3.85. The third-order valence-electron chi connectivity index (χ3n) is 5.35. The number of nitrogens with zero attached hydrogens (tertiary/aromatic N) is 1. The number of rotatable bonds is 4. The first-order valence-electron chi connectivity index (χ1n) is 9.94. The Labute approximate surface area is 184 Å². The molecule has 0 saturated heterocycles. The molecule has 1 aliphatic rings. The lowest BCUT2D eigenvalue weighted by molar-refractivity contribution is 0.0941. The van der Waals surface area contributed by atoms with Crippen LogP contribution in [0, 0.1) is 0 Å². The molecule has 5 rings (SSSR count). The van der Waals surface area contributed by atoms with Crippen LogP contribution in [0.1, 0.15) is 28.9 Å². The fourth-order valence-corrected chi connectivity index (χ4v) is 3.80. The van der Waals surface area contributed by atoms with E-state index in [0.717, 1.165) is 22.0 Å². The summed E-state index contributed by atoms with van der Waals surface area (Å²) >= 11 is 5.98. The van der Waals surface area contributed by atoms with Gasteiger partial charge < -0.3 is 14.8 Å². The number of fused-ring (bicyclic) bond motifs is 2. The van der Waals surface area contributed by atoms with Crippen LogP contribution in [-0.4, -0.2) is 17.7 Å². The van der Waals surface area contributed by atoms with Gasteiger partial charge in [-0.15, -0.1) is 0 Å². The molecule has 5 nitrogen and oxygen atoms in total. The van der Waals surface area contributed by atoms with Gasteiger partial charge in [-0.3, -0.25) is 4.79 Å². The number of carbonyl (C=O) groups is 1. The average Bonchev–Trinajstić information content (AvgIpc) is 3.26. The molecule has 1 N–H and O–H groups in total. The van der Waals surface area contributed by atoms with Crippen molar-refractivity contribution in [3.63, 3.8) is 0 Å². The molecular weight excluding hydrogens is 412 g/mol. The Hall–Kier alpha value is -3.57. The minimum absolute atomic E-state index is 0.164. The zero-order valence-corrected chi connectivity index (χ0v) is 17.5. The summed E-state index contributed by atoms with van der Waals surface area (Å²) in [6.07, 6.45) is 0. The summed E-state index contributed by atoms with van der Waals surface area (Å²) in [6, 6.07) is 22.4. The maximum absolute atomic E-state index is 13.3. The number of hydrogen-bond donors (Lipinski definition) is 1. The highest BCUT2D eigenvalue weighted by molar-refractivity contribution is 6.30. The second-order valence-electron chi connectivity index (χ2n) is 7.39. The normalized spacial score (nSPS) is 13.2. The van der Waals surface area contributed by atoms with E-state index in [1.54, 1.807) is 0 Å². The van der Waals surface area contributed by atoms with Gasteiger partial charge in [-0.05, 0) is 55.0 Å². The van der Waals surface area contributed by atoms with Crippen molar-refractivity contribution in [2.45, 2.75) is 13.0 Å². The summed E-state index contributed by atoms with van der Waals surface area (Å²) in [5, 5.41) is 4.55. The summed E-state index contributed by atoms with van der Waals surface area (Å²) in [6.45, 7) is 2.16. The summed E-state index contributed by atoms with van der Waals surface area (Å²) in [4.78, 5) is 18.0. The van der Waals surface area contributed by atoms with Gasteiger partial charge >= 0.3 is 0 Å². The molecule has 0 radical (unpaired) electrons. The zero-order valence-electron chi connectivity index (χ0n) is 16.8. The van der Waals surface area contributed by atoms with Crippen molar-refractivity contribution in [2.75, 3.05) is 6.79 Å². The van der Waals surface area contributed by atoms with Crippen molar-refractivity contribution in [1.29, 1.82) is 0 Å². The molecule has 1 atom stereocenters. The number of halogens is 1. The van der Waals surface area contributed by atoms with Crippen LogP contribution in [0.4, 0.5) is 0 Å². The van der Waals surface area contributed by atoms with Crippen LogP contribution in [0.2, 0.25) is 5.02 Å². The maximum Gasteiger partial charge on any atom is 0.252 e. The molecular formula is C25H19ClN2O3. The number of hydrogen-bond acceptors (Lipinski definition) is 4. The Bertz CT molecular complexity index is 1290. The van der Waals surface area contributed by atoms with Crippen LogP contribution in [0.15, 0.2) is 72.8 Å². The lowest BCUT2D eigenvalue weighted by Gasteiger charge is -2.16. The topological polar surface area (TPSA) is 60.5 Å². The van der Waals surface area contributed by atoms with Crippen molar-refractivity contribution in [3.05, 3.63) is 88.9 Å². The molecule has 1 aromatic heterocycles. The van der Waals surface area contributed by atoms with Crippen molar-refractivity contribution in [2.24, 2.45) is 0 Å². The van der Waals surface area contributed by atoms with Crippen LogP contribution in [0.25, 0.3) is 22.2 Å². The first kappa shape index (κ1) is 19.4. The fraction of sp³-hybridized carbons (Fsp3) is 0.120. The Morgan fingerprint density at radius 1 is 1.00 bits per heavy atom. The lowest BCUT2D eigenvalue weighted by Crippen LogP contribution is -2.27. The lowest BCUT2D eigenvalue weighted by atomic mass is 10.0. The van der Waals surface area contributed by atoms with Crippen LogP contribution in [-0.2, 0) is 0 Å². The molecule has 0 saturated carbocycles. The van der Waals surface area contributed by atoms with Gasteiger partial charge in [-0.2, -0.15) is 0 Å². The first-order chi connectivity index (χ1) is 15.1. The van der Waals surface area contributed by atoms with Crippen LogP contribution >= 0.6 is 11.6 Å². The van der Waals surface area contributed by atoms with Crippen molar-refractivity contribution >= 4 is 28.4 Å². The van der Waals surface area contributed by atoms with Crippen molar-refractivity contribution in [3.8, 4) is 22.8 Å². The number of para-hydroxylation sites is 1. The zero-order chi connectivity index (χ0) is 21.4. The smallest absolute Gasteiger partial charge is 0.252 e. The fourth-order valence-electron chi connectivity index (χ4n) is 3.68. The number of benzene rings is 3. The number of aromatic nitrogens is 1. The number of amides is 1. The molecule has 2 heterocycles. The quantitative estimate of drug-likeness (QED) is 0.446. The molecule has 3 aromatic carbocycles. The standard InChI is InChI=1S/C25H19ClN2O3/c1-15(16-6-9-18(26)10-7-16)27-25(29)20-13-22(28-21-5-3-2-4-19(20)21)17-8-11-23-24(12-17)31-14-30-23/h2-13,15H,14H2,1H3,(H,27,29). The number of carbonyl (C=O) groups excluding carboxylic acids is 1. The van der Waals surface area contributed by atoms with E-state index < -0.39 is 0 Å². The second kappa shape index (κ2) is 7.93. The van der Waals surface area contributed by atoms with Crippen LogP contribution < -0.4 is 14.8 Å². The van der Waals surface area contributed by atoms with Crippen molar-refractivity contribution in [1.82, 2.24) is 10.3 Å². The molecule has 31 heavy (non-hydrogen) atoms. The Balaban J connectivity index is 1.53. The van der Waals surface area contributed by atoms with Gasteiger partial charge in [0.05, 0.1) is 22.8 Å². The molecule has 154 valence electrons. The van der Waals surface area contributed by atoms with Gasteiger partial charge in [-0.1, -0.05) is 41.9 Å². The monoisotopic (exact) mass is 430 g/mol. The van der Waals surface area contributed by atoms with Gasteiger partial charge in [0.25, 0.3) is 5.91 Å². The molecule has 0 bridgehead atoms. The van der Waals surface area contributed by atoms with Gasteiger partial charge in [0.1, 0.15) is 0 Å². The molecule has 0 spiro atoms. The highest BCUT2D eigenvalue weighted by Gasteiger charge is 2.19. The van der Waals surface area contributed by atoms with Crippen LogP contribution in [0.5, 0.6) is 11.5 Å². The van der Waals surface area contributed by atoms with Crippen molar-refractivity contribution < 1.29 is 14.3 Å². The minimum Gasteiger partial charge on any atom is -0.454 e. The Kier molecular flexibility index (Phi) is 4.96. The molecule has 4 aromatic rings. The summed E-state index contributed by atoms with van der Waals surface area (Å²) in [5.74, 6) is 1.22. The molecule has 1 aliphatic heterocycles. The summed E-state index contributed by atoms with van der Waals surface area (Å²) in [7, 11) is 0. The van der Waals surface area contributed by atoms with E-state index >= 15 is 0 Å². The largest absolute Gasteiger partial charge is 0.454 e. The highest BCUT2D eigenvalue weighted by Crippen LogP contribution is 2.36. The third kappa shape index (κ3) is 3.80. The predicted molar refractivity (Wildman–Crippen MR) is 121 cm³/mol. The Morgan fingerprint density at radius 2 is 1.77 bits per heavy atom. The van der Waals surface area contributed by atoms with E-state index in [0.29, 0.717) is 27.8 Å². The Morgan fingerprint density at radius 3 is 2.61 bits per heavy atom. The van der Waals surface area contributed by atoms with E-state index in [1.165, 1.54) is 0 Å². The molecule has 1 amide bonds. The maximum atomic E-state index is 13.3. The van der Waals surface area contributed by atoms with E-state index in [-0.39, 0.29) is 18.7 Å². The van der Waals surface area contributed by atoms with E-state index in [9.17, 15) is 4.79 Å². The van der Waals surface area contributed by atoms with E-state index in [2.05, 4.69) is 5.32 Å². The third-order valence-corrected chi connectivity index (χ3v) is 5.60. The molecule has 1 unspecified atom stereocenters. The molecule has 6 heteroatoms. The SMILES string of the molecule is CC(NC(=O)c1cc(-c2ccc3c(c2)OCO3)nc2ccccc12)c1ccc(Cl)cc1. The van der Waals surface area contributed by atoms with E-state index in [4.69, 9.17) is 26.1 Å². The van der Waals surface area contributed by atoms with Crippen LogP contribution in [0.3, 0.4) is 0 Å². The van der Waals surface area contributed by atoms with Gasteiger partial charge in [0, 0.05) is 16.0 Å². The molecule has 0 aliphatic carbocycles. The highest BCUT2D eigenvalue weighted by atomic mass is 35.5. The molecule has 0 fully saturated rings. The number of ether oxygens (including phenoxy) is 2. The van der Waals surface area contributed by atoms with Gasteiger partial charge in [-0.25, -0.2) is 4.98 Å². The predicted octanol–water partition coefficient (Wildman–Crippen LogP) is 5.77. The second-order valence-corrected chi connectivity index (χ2v) is 7.82. The average molecular weight is 431 g/mol. The first-order valence-corrected chi connectivity index (χ1v) is 10.3. The van der Waals surface area contributed by atoms with E-state index in [1.807, 2.05) is 79.7 Å². The number of pyridine rings is 1. The van der Waals surface area contributed by atoms with Gasteiger partial charge in [0.2, 0.25) is 6.79 Å².